The molecule has 2 aromatic carbocycles. The molecule has 136 valence electrons. The Balaban J connectivity index is 1.71. The fourth-order valence-corrected chi connectivity index (χ4v) is 2.89. The van der Waals surface area contributed by atoms with Gasteiger partial charge in [0.1, 0.15) is 0 Å². The van der Waals surface area contributed by atoms with Crippen LogP contribution in [0.3, 0.4) is 0 Å². The van der Waals surface area contributed by atoms with Crippen LogP contribution in [0.4, 0.5) is 17.1 Å². The normalized spacial score (nSPS) is 14.0. The minimum absolute atomic E-state index is 0.621. The molecule has 0 radical (unpaired) electrons. The molecule has 0 saturated carbocycles. The molecule has 0 unspecified atom stereocenters. The summed E-state index contributed by atoms with van der Waals surface area (Å²) in [5, 5.41) is 5.41. The number of ether oxygens (including phenoxy) is 1. The van der Waals surface area contributed by atoms with E-state index in [1.807, 2.05) is 50.2 Å². The van der Waals surface area contributed by atoms with E-state index in [4.69, 9.17) is 4.74 Å². The highest BCUT2D eigenvalue weighted by atomic mass is 16.5. The molecule has 0 atom stereocenters. The summed E-state index contributed by atoms with van der Waals surface area (Å²) < 4.78 is 5.37. The molecule has 6 nitrogen and oxygen atoms in total. The Labute approximate surface area is 153 Å². The molecule has 1 aliphatic heterocycles. The van der Waals surface area contributed by atoms with Gasteiger partial charge in [0, 0.05) is 18.8 Å². The molecule has 26 heavy (non-hydrogen) atoms. The summed E-state index contributed by atoms with van der Waals surface area (Å²) in [4.78, 5) is 26.8. The number of carbonyl (C=O) groups is 2. The van der Waals surface area contributed by atoms with Crippen LogP contribution in [0, 0.1) is 13.8 Å². The smallest absolute Gasteiger partial charge is 0.314 e. The molecule has 1 heterocycles. The molecule has 3 rings (SSSR count). The van der Waals surface area contributed by atoms with E-state index in [9.17, 15) is 9.59 Å². The monoisotopic (exact) mass is 353 g/mol. The van der Waals surface area contributed by atoms with Gasteiger partial charge in [-0.15, -0.1) is 0 Å². The standard InChI is InChI=1S/C20H23N3O3/c1-14-7-8-15(2)17(13-14)22-20(25)19(24)21-16-5-3-4-6-18(16)23-9-11-26-12-10-23/h3-8,13H,9-12H2,1-2H3,(H,21,24)(H,22,25). The number of para-hydroxylation sites is 2. The third-order valence-corrected chi connectivity index (χ3v) is 4.35. The Morgan fingerprint density at radius 3 is 2.31 bits per heavy atom. The molecule has 0 bridgehead atoms. The number of nitrogens with zero attached hydrogens (tertiary/aromatic N) is 1. The Morgan fingerprint density at radius 1 is 0.923 bits per heavy atom. The SMILES string of the molecule is Cc1ccc(C)c(NC(=O)C(=O)Nc2ccccc2N2CCOCC2)c1. The van der Waals surface area contributed by atoms with Gasteiger partial charge in [-0.05, 0) is 43.2 Å². The number of nitrogens with one attached hydrogen (secondary N) is 2. The molecule has 2 N–H and O–H groups in total. The van der Waals surface area contributed by atoms with Gasteiger partial charge < -0.3 is 20.3 Å². The van der Waals surface area contributed by atoms with E-state index in [2.05, 4.69) is 15.5 Å². The second-order valence-corrected chi connectivity index (χ2v) is 6.34. The molecule has 1 fully saturated rings. The molecular weight excluding hydrogens is 330 g/mol. The zero-order chi connectivity index (χ0) is 18.5. The second kappa shape index (κ2) is 8.01. The highest BCUT2D eigenvalue weighted by Gasteiger charge is 2.19. The van der Waals surface area contributed by atoms with E-state index in [0.29, 0.717) is 24.6 Å². The average Bonchev–Trinajstić information content (AvgIpc) is 2.66. The first kappa shape index (κ1) is 17.9. The van der Waals surface area contributed by atoms with Gasteiger partial charge in [-0.25, -0.2) is 0 Å². The zero-order valence-corrected chi connectivity index (χ0v) is 15.0. The lowest BCUT2D eigenvalue weighted by Crippen LogP contribution is -2.37. The number of anilines is 3. The summed E-state index contributed by atoms with van der Waals surface area (Å²) in [5.74, 6) is -1.37. The second-order valence-electron chi connectivity index (χ2n) is 6.34. The number of amides is 2. The van der Waals surface area contributed by atoms with Gasteiger partial charge in [0.2, 0.25) is 0 Å². The Morgan fingerprint density at radius 2 is 1.58 bits per heavy atom. The summed E-state index contributed by atoms with van der Waals surface area (Å²) >= 11 is 0. The van der Waals surface area contributed by atoms with Crippen molar-refractivity contribution in [2.24, 2.45) is 0 Å². The van der Waals surface area contributed by atoms with E-state index < -0.39 is 11.8 Å². The van der Waals surface area contributed by atoms with Crippen LogP contribution in [0.5, 0.6) is 0 Å². The predicted octanol–water partition coefficient (Wildman–Crippen LogP) is 2.72. The van der Waals surface area contributed by atoms with Crippen LogP contribution < -0.4 is 15.5 Å². The van der Waals surface area contributed by atoms with Gasteiger partial charge in [0.05, 0.1) is 24.6 Å². The van der Waals surface area contributed by atoms with Gasteiger partial charge in [-0.3, -0.25) is 9.59 Å². The van der Waals surface area contributed by atoms with Crippen LogP contribution >= 0.6 is 0 Å². The van der Waals surface area contributed by atoms with Crippen molar-refractivity contribution in [3.8, 4) is 0 Å². The van der Waals surface area contributed by atoms with E-state index in [0.717, 1.165) is 29.9 Å². The van der Waals surface area contributed by atoms with Crippen molar-refractivity contribution in [1.82, 2.24) is 0 Å². The fraction of sp³-hybridized carbons (Fsp3) is 0.300. The number of carbonyl (C=O) groups excluding carboxylic acids is 2. The molecule has 2 aromatic rings. The van der Waals surface area contributed by atoms with Crippen LogP contribution in [0.1, 0.15) is 11.1 Å². The molecule has 1 aliphatic rings. The zero-order valence-electron chi connectivity index (χ0n) is 15.0. The largest absolute Gasteiger partial charge is 0.378 e. The van der Waals surface area contributed by atoms with Crippen molar-refractivity contribution in [3.63, 3.8) is 0 Å². The van der Waals surface area contributed by atoms with Crippen molar-refractivity contribution in [2.45, 2.75) is 13.8 Å². The van der Waals surface area contributed by atoms with E-state index in [1.54, 1.807) is 6.07 Å². The van der Waals surface area contributed by atoms with Crippen LogP contribution in [0.15, 0.2) is 42.5 Å². The van der Waals surface area contributed by atoms with Crippen molar-refractivity contribution in [3.05, 3.63) is 53.6 Å². The van der Waals surface area contributed by atoms with Crippen LogP contribution in [0.25, 0.3) is 0 Å². The lowest BCUT2D eigenvalue weighted by molar-refractivity contribution is -0.132. The average molecular weight is 353 g/mol. The van der Waals surface area contributed by atoms with Gasteiger partial charge in [-0.2, -0.15) is 0 Å². The first-order chi connectivity index (χ1) is 12.5. The molecule has 2 amide bonds. The van der Waals surface area contributed by atoms with Gasteiger partial charge in [0.25, 0.3) is 0 Å². The predicted molar refractivity (Wildman–Crippen MR) is 103 cm³/mol. The van der Waals surface area contributed by atoms with E-state index in [-0.39, 0.29) is 0 Å². The molecule has 0 spiro atoms. The number of hydrogen-bond acceptors (Lipinski definition) is 4. The van der Waals surface area contributed by atoms with Crippen molar-refractivity contribution >= 4 is 28.9 Å². The maximum atomic E-state index is 12.4. The summed E-state index contributed by atoms with van der Waals surface area (Å²) in [7, 11) is 0. The lowest BCUT2D eigenvalue weighted by atomic mass is 10.1. The topological polar surface area (TPSA) is 70.7 Å². The number of aryl methyl sites for hydroxylation is 2. The third-order valence-electron chi connectivity index (χ3n) is 4.35. The maximum Gasteiger partial charge on any atom is 0.314 e. The highest BCUT2D eigenvalue weighted by molar-refractivity contribution is 6.44. The first-order valence-electron chi connectivity index (χ1n) is 8.66. The first-order valence-corrected chi connectivity index (χ1v) is 8.66. The molecule has 0 aliphatic carbocycles. The Bertz CT molecular complexity index is 814. The Kier molecular flexibility index (Phi) is 5.53. The van der Waals surface area contributed by atoms with Crippen molar-refractivity contribution in [2.75, 3.05) is 41.8 Å². The van der Waals surface area contributed by atoms with Gasteiger partial charge in [0.15, 0.2) is 0 Å². The summed E-state index contributed by atoms with van der Waals surface area (Å²) in [6.07, 6.45) is 0. The molecule has 1 saturated heterocycles. The quantitative estimate of drug-likeness (QED) is 0.833. The molecule has 6 heteroatoms. The summed E-state index contributed by atoms with van der Waals surface area (Å²) in [5.41, 5.74) is 4.08. The van der Waals surface area contributed by atoms with E-state index >= 15 is 0 Å². The molecule has 0 aromatic heterocycles. The van der Waals surface area contributed by atoms with Crippen LogP contribution in [-0.2, 0) is 14.3 Å². The minimum atomic E-state index is -0.688. The number of benzene rings is 2. The number of hydrogen-bond donors (Lipinski definition) is 2. The van der Waals surface area contributed by atoms with Gasteiger partial charge >= 0.3 is 11.8 Å². The highest BCUT2D eigenvalue weighted by Crippen LogP contribution is 2.26. The van der Waals surface area contributed by atoms with Crippen molar-refractivity contribution in [1.29, 1.82) is 0 Å². The van der Waals surface area contributed by atoms with Crippen LogP contribution in [-0.4, -0.2) is 38.1 Å². The summed E-state index contributed by atoms with van der Waals surface area (Å²) in [6.45, 7) is 6.63. The van der Waals surface area contributed by atoms with Crippen molar-refractivity contribution < 1.29 is 14.3 Å². The number of morpholine rings is 1. The lowest BCUT2D eigenvalue weighted by Gasteiger charge is -2.30. The fourth-order valence-electron chi connectivity index (χ4n) is 2.89. The third kappa shape index (κ3) is 4.21. The van der Waals surface area contributed by atoms with Gasteiger partial charge in [-0.1, -0.05) is 24.3 Å². The maximum absolute atomic E-state index is 12.4. The Hall–Kier alpha value is -2.86. The minimum Gasteiger partial charge on any atom is -0.378 e. The van der Waals surface area contributed by atoms with E-state index in [1.165, 1.54) is 0 Å². The van der Waals surface area contributed by atoms with Crippen LogP contribution in [0.2, 0.25) is 0 Å². The number of rotatable bonds is 3. The summed E-state index contributed by atoms with van der Waals surface area (Å²) in [6, 6.07) is 13.2. The molecular formula is C20H23N3O3.